The average molecular weight is 524 g/mol. The second-order valence-corrected chi connectivity index (χ2v) is 9.21. The number of rotatable bonds is 5. The molecule has 1 aliphatic rings. The number of nitrogens with zero attached hydrogens (tertiary/aromatic N) is 7. The summed E-state index contributed by atoms with van der Waals surface area (Å²) in [5.74, 6) is 1.22. The van der Waals surface area contributed by atoms with Crippen molar-refractivity contribution in [2.45, 2.75) is 38.8 Å². The maximum atomic E-state index is 10.9. The van der Waals surface area contributed by atoms with Crippen molar-refractivity contribution in [2.24, 2.45) is 5.92 Å². The third-order valence-corrected chi connectivity index (χ3v) is 7.25. The van der Waals surface area contributed by atoms with Crippen LogP contribution in [-0.2, 0) is 0 Å². The van der Waals surface area contributed by atoms with Gasteiger partial charge in [0.2, 0.25) is 0 Å². The number of benzene rings is 1. The van der Waals surface area contributed by atoms with Gasteiger partial charge in [0, 0.05) is 36.8 Å². The molecule has 1 aliphatic heterocycles. The molecule has 1 saturated heterocycles. The molecule has 0 radical (unpaired) electrons. The number of anilines is 1. The standard InChI is InChI=1S/C23H29N7O3.2ClH/c1-15-20(10-11-27(4)23(15,2)3)28(5)22-9-8-19(25-26-22)18-7-6-16(12-21(18)31)29-14-17(13-24-29)30(32)33;;/h6-9,12-15,20,31H,10-11H2,1-5H3;2*1H. The summed E-state index contributed by atoms with van der Waals surface area (Å²) in [6, 6.07) is 9.03. The third kappa shape index (κ3) is 5.34. The highest BCUT2D eigenvalue weighted by molar-refractivity contribution is 5.85. The normalized spacial score (nSPS) is 19.3. The van der Waals surface area contributed by atoms with Crippen molar-refractivity contribution >= 4 is 36.3 Å². The smallest absolute Gasteiger partial charge is 0.307 e. The molecule has 0 aliphatic carbocycles. The summed E-state index contributed by atoms with van der Waals surface area (Å²) in [4.78, 5) is 15.0. The van der Waals surface area contributed by atoms with Gasteiger partial charge in [-0.05, 0) is 57.5 Å². The number of phenolic OH excluding ortho intramolecular Hbond substituents is 1. The van der Waals surface area contributed by atoms with Gasteiger partial charge < -0.3 is 14.9 Å². The minimum atomic E-state index is -0.515. The lowest BCUT2D eigenvalue weighted by atomic mass is 9.77. The Balaban J connectivity index is 0.00000216. The Bertz CT molecular complexity index is 1170. The predicted octanol–water partition coefficient (Wildman–Crippen LogP) is 4.34. The Morgan fingerprint density at radius 2 is 1.91 bits per heavy atom. The average Bonchev–Trinajstić information content (AvgIpc) is 3.29. The first-order valence-corrected chi connectivity index (χ1v) is 10.9. The van der Waals surface area contributed by atoms with E-state index in [2.05, 4.69) is 60.0 Å². The first kappa shape index (κ1) is 28.3. The summed E-state index contributed by atoms with van der Waals surface area (Å²) < 4.78 is 1.34. The van der Waals surface area contributed by atoms with Crippen LogP contribution in [0.5, 0.6) is 5.75 Å². The lowest BCUT2D eigenvalue weighted by Gasteiger charge is -2.51. The molecule has 0 spiro atoms. The molecular weight excluding hydrogens is 493 g/mol. The summed E-state index contributed by atoms with van der Waals surface area (Å²) in [5.41, 5.74) is 1.54. The van der Waals surface area contributed by atoms with Crippen molar-refractivity contribution < 1.29 is 10.0 Å². The SMILES string of the molecule is CC1C(N(C)c2ccc(-c3ccc(-n4cc([N+](=O)[O-])cn4)cc3O)nn2)CCN(C)C1(C)C.Cl.Cl. The van der Waals surface area contributed by atoms with E-state index < -0.39 is 4.92 Å². The topological polar surface area (TPSA) is 113 Å². The van der Waals surface area contributed by atoms with Crippen LogP contribution in [0.2, 0.25) is 0 Å². The predicted molar refractivity (Wildman–Crippen MR) is 140 cm³/mol. The molecule has 0 saturated carbocycles. The van der Waals surface area contributed by atoms with Gasteiger partial charge in [-0.2, -0.15) is 5.10 Å². The molecule has 35 heavy (non-hydrogen) atoms. The molecule has 2 aromatic heterocycles. The van der Waals surface area contributed by atoms with E-state index in [4.69, 9.17) is 0 Å². The fourth-order valence-electron chi connectivity index (χ4n) is 4.47. The Morgan fingerprint density at radius 1 is 1.20 bits per heavy atom. The molecule has 12 heteroatoms. The van der Waals surface area contributed by atoms with Crippen molar-refractivity contribution in [1.29, 1.82) is 0 Å². The fourth-order valence-corrected chi connectivity index (χ4v) is 4.47. The summed E-state index contributed by atoms with van der Waals surface area (Å²) in [7, 11) is 4.23. The van der Waals surface area contributed by atoms with E-state index in [1.54, 1.807) is 12.1 Å². The number of nitro groups is 1. The molecular formula is C23H31Cl2N7O3. The maximum Gasteiger partial charge on any atom is 0.307 e. The van der Waals surface area contributed by atoms with Crippen LogP contribution in [0.1, 0.15) is 27.2 Å². The van der Waals surface area contributed by atoms with E-state index in [0.29, 0.717) is 28.9 Å². The first-order chi connectivity index (χ1) is 15.6. The highest BCUT2D eigenvalue weighted by Gasteiger charge is 2.41. The minimum absolute atomic E-state index is 0. The first-order valence-electron chi connectivity index (χ1n) is 10.9. The van der Waals surface area contributed by atoms with Crippen LogP contribution in [0.25, 0.3) is 16.9 Å². The Morgan fingerprint density at radius 3 is 2.49 bits per heavy atom. The minimum Gasteiger partial charge on any atom is -0.507 e. The second kappa shape index (κ2) is 10.8. The van der Waals surface area contributed by atoms with Gasteiger partial charge in [0.1, 0.15) is 18.1 Å². The van der Waals surface area contributed by atoms with Crippen LogP contribution in [0.4, 0.5) is 11.5 Å². The van der Waals surface area contributed by atoms with Crippen molar-refractivity contribution in [1.82, 2.24) is 24.9 Å². The molecule has 0 amide bonds. The number of halogens is 2. The van der Waals surface area contributed by atoms with Gasteiger partial charge in [0.25, 0.3) is 0 Å². The van der Waals surface area contributed by atoms with Gasteiger partial charge in [-0.25, -0.2) is 4.68 Å². The largest absolute Gasteiger partial charge is 0.507 e. The van der Waals surface area contributed by atoms with Crippen LogP contribution >= 0.6 is 24.8 Å². The van der Waals surface area contributed by atoms with Gasteiger partial charge in [-0.1, -0.05) is 6.92 Å². The molecule has 3 aromatic rings. The van der Waals surface area contributed by atoms with E-state index in [-0.39, 0.29) is 41.8 Å². The Hall–Kier alpha value is -2.95. The molecule has 1 aromatic carbocycles. The molecule has 2 unspecified atom stereocenters. The van der Waals surface area contributed by atoms with Crippen LogP contribution in [0.15, 0.2) is 42.7 Å². The van der Waals surface area contributed by atoms with Crippen LogP contribution in [0.3, 0.4) is 0 Å². The molecule has 190 valence electrons. The van der Waals surface area contributed by atoms with Gasteiger partial charge in [0.05, 0.1) is 16.3 Å². The van der Waals surface area contributed by atoms with Crippen molar-refractivity contribution in [3.63, 3.8) is 0 Å². The van der Waals surface area contributed by atoms with Gasteiger partial charge in [-0.15, -0.1) is 35.0 Å². The van der Waals surface area contributed by atoms with E-state index in [0.717, 1.165) is 25.0 Å². The van der Waals surface area contributed by atoms with Crippen LogP contribution < -0.4 is 4.90 Å². The fraction of sp³-hybridized carbons (Fsp3) is 0.435. The molecule has 3 heterocycles. The molecule has 4 rings (SSSR count). The summed E-state index contributed by atoms with van der Waals surface area (Å²) in [5, 5.41) is 34.2. The molecule has 2 atom stereocenters. The number of hydrogen-bond donors (Lipinski definition) is 1. The zero-order chi connectivity index (χ0) is 23.9. The summed E-state index contributed by atoms with van der Waals surface area (Å²) >= 11 is 0. The van der Waals surface area contributed by atoms with Crippen molar-refractivity contribution in [2.75, 3.05) is 25.5 Å². The van der Waals surface area contributed by atoms with Crippen LogP contribution in [-0.4, -0.2) is 67.1 Å². The number of hydrogen-bond acceptors (Lipinski definition) is 8. The Kier molecular flexibility index (Phi) is 8.70. The summed E-state index contributed by atoms with van der Waals surface area (Å²) in [6.45, 7) is 7.87. The van der Waals surface area contributed by atoms with E-state index in [9.17, 15) is 15.2 Å². The Labute approximate surface area is 216 Å². The highest BCUT2D eigenvalue weighted by Crippen LogP contribution is 2.36. The highest BCUT2D eigenvalue weighted by atomic mass is 35.5. The van der Waals surface area contributed by atoms with Crippen LogP contribution in [0, 0.1) is 16.0 Å². The van der Waals surface area contributed by atoms with Gasteiger partial charge >= 0.3 is 5.69 Å². The molecule has 1 N–H and O–H groups in total. The van der Waals surface area contributed by atoms with Crippen molar-refractivity contribution in [3.05, 3.63) is 52.8 Å². The number of likely N-dealkylation sites (tertiary alicyclic amines) is 1. The summed E-state index contributed by atoms with van der Waals surface area (Å²) in [6.07, 6.45) is 3.51. The molecule has 1 fully saturated rings. The zero-order valence-corrected chi connectivity index (χ0v) is 22.0. The monoisotopic (exact) mass is 523 g/mol. The lowest BCUT2D eigenvalue weighted by Crippen LogP contribution is -2.59. The van der Waals surface area contributed by atoms with E-state index >= 15 is 0 Å². The van der Waals surface area contributed by atoms with Crippen molar-refractivity contribution in [3.8, 4) is 22.7 Å². The van der Waals surface area contributed by atoms with E-state index in [1.807, 2.05) is 12.1 Å². The third-order valence-electron chi connectivity index (χ3n) is 7.25. The number of aromatic hydroxyl groups is 1. The molecule has 10 nitrogen and oxygen atoms in total. The van der Waals surface area contributed by atoms with Gasteiger partial charge in [0.15, 0.2) is 5.82 Å². The molecule has 0 bridgehead atoms. The second-order valence-electron chi connectivity index (χ2n) is 9.21. The van der Waals surface area contributed by atoms with E-state index in [1.165, 1.54) is 16.9 Å². The quantitative estimate of drug-likeness (QED) is 0.387. The number of aromatic nitrogens is 4. The number of piperidine rings is 1. The lowest BCUT2D eigenvalue weighted by molar-refractivity contribution is -0.384. The van der Waals surface area contributed by atoms with Gasteiger partial charge in [-0.3, -0.25) is 10.1 Å². The zero-order valence-electron chi connectivity index (χ0n) is 20.3. The number of phenols is 1. The maximum absolute atomic E-state index is 10.9.